The highest BCUT2D eigenvalue weighted by Gasteiger charge is 2.16. The largest absolute Gasteiger partial charge is 0.463 e. The molecule has 0 aromatic carbocycles. The molecule has 6 heteroatoms. The quantitative estimate of drug-likeness (QED) is 0.153. The first-order valence-corrected chi connectivity index (χ1v) is 11.0. The molecule has 3 unspecified atom stereocenters. The highest BCUT2D eigenvalue weighted by Crippen LogP contribution is 2.24. The number of hydrogen-bond donors (Lipinski definition) is 4. The number of hydrogen-bond acceptors (Lipinski definition) is 6. The van der Waals surface area contributed by atoms with E-state index in [-0.39, 0.29) is 5.97 Å². The fourth-order valence-electron chi connectivity index (χ4n) is 2.33. The average Bonchev–Trinajstić information content (AvgIpc) is 2.59. The van der Waals surface area contributed by atoms with Crippen molar-refractivity contribution in [1.82, 2.24) is 0 Å². The lowest BCUT2D eigenvalue weighted by molar-refractivity contribution is -0.137. The first kappa shape index (κ1) is 24.4. The molecule has 0 saturated heterocycles. The van der Waals surface area contributed by atoms with Crippen LogP contribution in [0.5, 0.6) is 0 Å². The van der Waals surface area contributed by atoms with Gasteiger partial charge >= 0.3 is 5.97 Å². The standard InChI is InChI=1S/C18H32O2S4/c1-3-20-18(19)9-16(12-23)6-4-5-15(11-22)7-8-17(13-24)14(2)10-21/h4,6,9,14-15,17,21-24H,3,5,7-8,10-13H2,1-2H3. The van der Waals surface area contributed by atoms with Gasteiger partial charge in [0.2, 0.25) is 0 Å². The molecular formula is C18H32O2S4. The number of carbonyl (C=O) groups is 1. The third kappa shape index (κ3) is 11.1. The Kier molecular flexibility index (Phi) is 15.8. The van der Waals surface area contributed by atoms with E-state index < -0.39 is 0 Å². The molecule has 2 nitrogen and oxygen atoms in total. The van der Waals surface area contributed by atoms with Crippen molar-refractivity contribution in [2.24, 2.45) is 17.8 Å². The van der Waals surface area contributed by atoms with Crippen LogP contribution in [-0.2, 0) is 9.53 Å². The van der Waals surface area contributed by atoms with Gasteiger partial charge in [-0.1, -0.05) is 19.1 Å². The SMILES string of the molecule is CCOC(=O)C=C(C=CCC(CS)CCC(CS)C(C)CS)CS. The van der Waals surface area contributed by atoms with Gasteiger partial charge < -0.3 is 4.74 Å². The Morgan fingerprint density at radius 2 is 1.79 bits per heavy atom. The van der Waals surface area contributed by atoms with Crippen molar-refractivity contribution in [3.05, 3.63) is 23.8 Å². The van der Waals surface area contributed by atoms with E-state index >= 15 is 0 Å². The van der Waals surface area contributed by atoms with Crippen molar-refractivity contribution in [1.29, 1.82) is 0 Å². The minimum Gasteiger partial charge on any atom is -0.463 e. The van der Waals surface area contributed by atoms with Crippen LogP contribution in [0.1, 0.15) is 33.1 Å². The maximum Gasteiger partial charge on any atom is 0.331 e. The molecule has 0 spiro atoms. The Hall–Kier alpha value is 0.350. The van der Waals surface area contributed by atoms with Crippen LogP contribution < -0.4 is 0 Å². The highest BCUT2D eigenvalue weighted by molar-refractivity contribution is 7.80. The summed E-state index contributed by atoms with van der Waals surface area (Å²) < 4.78 is 4.92. The van der Waals surface area contributed by atoms with Crippen LogP contribution >= 0.6 is 50.5 Å². The lowest BCUT2D eigenvalue weighted by Crippen LogP contribution is -2.17. The third-order valence-electron chi connectivity index (χ3n) is 4.10. The molecule has 0 bridgehead atoms. The molecule has 0 N–H and O–H groups in total. The van der Waals surface area contributed by atoms with Gasteiger partial charge in [0.05, 0.1) is 6.61 Å². The zero-order valence-corrected chi connectivity index (χ0v) is 18.3. The fraction of sp³-hybridized carbons (Fsp3) is 0.722. The Bertz CT molecular complexity index is 396. The summed E-state index contributed by atoms with van der Waals surface area (Å²) in [5.41, 5.74) is 0.867. The molecule has 0 rings (SSSR count). The van der Waals surface area contributed by atoms with E-state index in [0.717, 1.165) is 42.1 Å². The van der Waals surface area contributed by atoms with Crippen LogP contribution in [0.2, 0.25) is 0 Å². The highest BCUT2D eigenvalue weighted by atomic mass is 32.1. The van der Waals surface area contributed by atoms with Gasteiger partial charge in [-0.15, -0.1) is 0 Å². The minimum absolute atomic E-state index is 0.311. The van der Waals surface area contributed by atoms with E-state index in [2.05, 4.69) is 63.5 Å². The lowest BCUT2D eigenvalue weighted by Gasteiger charge is -2.22. The Balaban J connectivity index is 4.48. The Morgan fingerprint density at radius 1 is 1.08 bits per heavy atom. The number of esters is 1. The van der Waals surface area contributed by atoms with E-state index in [1.54, 1.807) is 6.92 Å². The molecule has 3 atom stereocenters. The molecule has 0 fully saturated rings. The van der Waals surface area contributed by atoms with Crippen molar-refractivity contribution in [2.45, 2.75) is 33.1 Å². The molecule has 140 valence electrons. The number of ether oxygens (including phenoxy) is 1. The van der Waals surface area contributed by atoms with E-state index in [1.165, 1.54) is 6.08 Å². The molecule has 0 aliphatic heterocycles. The van der Waals surface area contributed by atoms with Crippen LogP contribution in [0.4, 0.5) is 0 Å². The smallest absolute Gasteiger partial charge is 0.331 e. The van der Waals surface area contributed by atoms with Crippen LogP contribution in [0.15, 0.2) is 23.8 Å². The summed E-state index contributed by atoms with van der Waals surface area (Å²) in [5.74, 6) is 4.60. The maximum absolute atomic E-state index is 11.5. The summed E-state index contributed by atoms with van der Waals surface area (Å²) in [5, 5.41) is 0. The first-order chi connectivity index (χ1) is 11.5. The lowest BCUT2D eigenvalue weighted by atomic mass is 9.88. The van der Waals surface area contributed by atoms with Crippen LogP contribution in [-0.4, -0.2) is 35.6 Å². The zero-order chi connectivity index (χ0) is 18.4. The van der Waals surface area contributed by atoms with Gasteiger partial charge in [-0.05, 0) is 66.8 Å². The van der Waals surface area contributed by atoms with Gasteiger partial charge in [-0.2, -0.15) is 50.5 Å². The van der Waals surface area contributed by atoms with E-state index in [0.29, 0.717) is 30.1 Å². The molecule has 24 heavy (non-hydrogen) atoms. The summed E-state index contributed by atoms with van der Waals surface area (Å²) in [6, 6.07) is 0. The van der Waals surface area contributed by atoms with Crippen LogP contribution in [0.3, 0.4) is 0 Å². The molecule has 0 aromatic heterocycles. The summed E-state index contributed by atoms with van der Waals surface area (Å²) in [7, 11) is 0. The van der Waals surface area contributed by atoms with Gasteiger partial charge in [0.1, 0.15) is 0 Å². The number of allylic oxidation sites excluding steroid dienone is 2. The number of rotatable bonds is 13. The fourth-order valence-corrected chi connectivity index (χ4v) is 3.70. The monoisotopic (exact) mass is 408 g/mol. The molecule has 0 aliphatic rings. The van der Waals surface area contributed by atoms with E-state index in [1.807, 2.05) is 6.08 Å². The zero-order valence-electron chi connectivity index (χ0n) is 14.7. The summed E-state index contributed by atoms with van der Waals surface area (Å²) >= 11 is 17.6. The second-order valence-electron chi connectivity index (χ2n) is 6.00. The van der Waals surface area contributed by atoms with E-state index in [9.17, 15) is 4.79 Å². The Morgan fingerprint density at radius 3 is 2.29 bits per heavy atom. The second-order valence-corrected chi connectivity index (χ2v) is 7.41. The van der Waals surface area contributed by atoms with Gasteiger partial charge in [0.25, 0.3) is 0 Å². The van der Waals surface area contributed by atoms with Gasteiger partial charge in [0.15, 0.2) is 0 Å². The normalized spacial score (nSPS) is 16.2. The molecule has 0 saturated carbocycles. The average molecular weight is 409 g/mol. The van der Waals surface area contributed by atoms with Gasteiger partial charge in [-0.25, -0.2) is 4.79 Å². The van der Waals surface area contributed by atoms with Crippen molar-refractivity contribution in [2.75, 3.05) is 29.6 Å². The number of thiol groups is 4. The summed E-state index contributed by atoms with van der Waals surface area (Å²) in [4.78, 5) is 11.5. The molecular weight excluding hydrogens is 376 g/mol. The van der Waals surface area contributed by atoms with E-state index in [4.69, 9.17) is 4.74 Å². The molecule has 0 amide bonds. The Labute approximate surface area is 169 Å². The van der Waals surface area contributed by atoms with Gasteiger partial charge in [0, 0.05) is 11.8 Å². The minimum atomic E-state index is -0.311. The molecule has 0 radical (unpaired) electrons. The van der Waals surface area contributed by atoms with Crippen molar-refractivity contribution in [3.63, 3.8) is 0 Å². The third-order valence-corrected chi connectivity index (χ3v) is 6.03. The predicted molar refractivity (Wildman–Crippen MR) is 119 cm³/mol. The van der Waals surface area contributed by atoms with Crippen molar-refractivity contribution < 1.29 is 9.53 Å². The van der Waals surface area contributed by atoms with Crippen LogP contribution in [0.25, 0.3) is 0 Å². The van der Waals surface area contributed by atoms with Gasteiger partial charge in [-0.3, -0.25) is 0 Å². The van der Waals surface area contributed by atoms with Crippen LogP contribution in [0, 0.1) is 17.8 Å². The second kappa shape index (κ2) is 15.6. The summed E-state index contributed by atoms with van der Waals surface area (Å²) in [6.45, 7) is 4.42. The maximum atomic E-state index is 11.5. The molecule has 0 heterocycles. The van der Waals surface area contributed by atoms with Crippen molar-refractivity contribution >= 4 is 56.5 Å². The summed E-state index contributed by atoms with van der Waals surface area (Å²) in [6.07, 6.45) is 8.82. The molecule has 0 aliphatic carbocycles. The van der Waals surface area contributed by atoms with Crippen molar-refractivity contribution in [3.8, 4) is 0 Å². The molecule has 0 aromatic rings. The number of carbonyl (C=O) groups excluding carboxylic acids is 1. The first-order valence-electron chi connectivity index (χ1n) is 8.49. The topological polar surface area (TPSA) is 26.3 Å². The predicted octanol–water partition coefficient (Wildman–Crippen LogP) is 4.79.